The van der Waals surface area contributed by atoms with Gasteiger partial charge in [0.25, 0.3) is 5.91 Å². The lowest BCUT2D eigenvalue weighted by molar-refractivity contribution is 0.0696. The molecule has 1 amide bonds. The van der Waals surface area contributed by atoms with E-state index in [1.165, 1.54) is 48.3 Å². The molecule has 7 nitrogen and oxygen atoms in total. The normalized spacial score (nSPS) is 13.6. The second kappa shape index (κ2) is 6.30. The number of carboxylic acids is 1. The van der Waals surface area contributed by atoms with E-state index in [0.29, 0.717) is 24.2 Å². The first-order valence-electron chi connectivity index (χ1n) is 7.55. The monoisotopic (exact) mass is 360 g/mol. The van der Waals surface area contributed by atoms with Crippen LogP contribution in [-0.2, 0) is 16.4 Å². The van der Waals surface area contributed by atoms with Gasteiger partial charge < -0.3 is 10.0 Å². The highest BCUT2D eigenvalue weighted by molar-refractivity contribution is 7.89. The number of benzene rings is 2. The zero-order chi connectivity index (χ0) is 18.2. The topological polar surface area (TPSA) is 104 Å². The van der Waals surface area contributed by atoms with E-state index in [1.807, 2.05) is 0 Å². The first-order chi connectivity index (χ1) is 11.8. The van der Waals surface area contributed by atoms with Crippen molar-refractivity contribution in [1.29, 1.82) is 0 Å². The molecule has 130 valence electrons. The molecule has 0 radical (unpaired) electrons. The predicted molar refractivity (Wildman–Crippen MR) is 91.5 cm³/mol. The van der Waals surface area contributed by atoms with Gasteiger partial charge in [0.05, 0.1) is 10.5 Å². The maximum Gasteiger partial charge on any atom is 0.335 e. The Balaban J connectivity index is 1.95. The van der Waals surface area contributed by atoms with Crippen LogP contribution in [0.15, 0.2) is 47.4 Å². The van der Waals surface area contributed by atoms with Gasteiger partial charge in [-0.05, 0) is 55.4 Å². The summed E-state index contributed by atoms with van der Waals surface area (Å²) in [4.78, 5) is 25.2. The van der Waals surface area contributed by atoms with Crippen LogP contribution in [0.5, 0.6) is 0 Å². The lowest BCUT2D eigenvalue weighted by atomic mass is 10.1. The van der Waals surface area contributed by atoms with E-state index in [9.17, 15) is 18.0 Å². The second-order valence-electron chi connectivity index (χ2n) is 5.59. The van der Waals surface area contributed by atoms with Crippen LogP contribution in [0.25, 0.3) is 0 Å². The van der Waals surface area contributed by atoms with E-state index < -0.39 is 16.0 Å². The summed E-state index contributed by atoms with van der Waals surface area (Å²) in [6.07, 6.45) is 0.633. The number of nitrogens with zero attached hydrogens (tertiary/aromatic N) is 1. The van der Waals surface area contributed by atoms with Gasteiger partial charge in [0.1, 0.15) is 0 Å². The van der Waals surface area contributed by atoms with Gasteiger partial charge in [-0.3, -0.25) is 4.79 Å². The molecule has 0 unspecified atom stereocenters. The number of carbonyl (C=O) groups excluding carboxylic acids is 1. The van der Waals surface area contributed by atoms with Crippen molar-refractivity contribution in [1.82, 2.24) is 4.72 Å². The summed E-state index contributed by atoms with van der Waals surface area (Å²) in [5, 5.41) is 8.93. The smallest absolute Gasteiger partial charge is 0.335 e. The summed E-state index contributed by atoms with van der Waals surface area (Å²) in [5.41, 5.74) is 1.90. The molecule has 1 heterocycles. The molecule has 2 N–H and O–H groups in total. The van der Waals surface area contributed by atoms with Gasteiger partial charge in [-0.1, -0.05) is 6.07 Å². The fraction of sp³-hybridized carbons (Fsp3) is 0.176. The highest BCUT2D eigenvalue weighted by atomic mass is 32.2. The molecule has 0 spiro atoms. The maximum atomic E-state index is 12.7. The summed E-state index contributed by atoms with van der Waals surface area (Å²) in [5.74, 6) is -1.36. The average Bonchev–Trinajstić information content (AvgIpc) is 3.04. The maximum absolute atomic E-state index is 12.7. The number of rotatable bonds is 4. The number of nitrogens with one attached hydrogen (secondary N) is 1. The van der Waals surface area contributed by atoms with Crippen LogP contribution in [-0.4, -0.2) is 39.0 Å². The number of hydrogen-bond acceptors (Lipinski definition) is 4. The minimum Gasteiger partial charge on any atom is -0.478 e. The zero-order valence-electron chi connectivity index (χ0n) is 13.4. The van der Waals surface area contributed by atoms with Crippen molar-refractivity contribution in [2.75, 3.05) is 18.5 Å². The molecule has 1 aliphatic rings. The highest BCUT2D eigenvalue weighted by Gasteiger charge is 2.27. The van der Waals surface area contributed by atoms with Crippen LogP contribution < -0.4 is 9.62 Å². The third-order valence-electron chi connectivity index (χ3n) is 4.16. The SMILES string of the molecule is CNS(=O)(=O)c1ccc2c(c1)N(C(=O)c1ccc(C(=O)O)cc1)CC2. The number of carboxylic acid groups (broad SMARTS) is 1. The predicted octanol–water partition coefficient (Wildman–Crippen LogP) is 1.50. The molecule has 8 heteroatoms. The number of hydrogen-bond donors (Lipinski definition) is 2. The van der Waals surface area contributed by atoms with Gasteiger partial charge >= 0.3 is 5.97 Å². The number of fused-ring (bicyclic) bond motifs is 1. The van der Waals surface area contributed by atoms with Crippen molar-refractivity contribution in [3.05, 3.63) is 59.2 Å². The van der Waals surface area contributed by atoms with E-state index in [2.05, 4.69) is 4.72 Å². The largest absolute Gasteiger partial charge is 0.478 e. The lowest BCUT2D eigenvalue weighted by Gasteiger charge is -2.18. The van der Waals surface area contributed by atoms with E-state index in [0.717, 1.165) is 5.56 Å². The Labute approximate surface area is 144 Å². The number of aromatic carboxylic acids is 1. The minimum absolute atomic E-state index is 0.0923. The highest BCUT2D eigenvalue weighted by Crippen LogP contribution is 2.31. The molecule has 2 aromatic rings. The fourth-order valence-electron chi connectivity index (χ4n) is 2.77. The third kappa shape index (κ3) is 3.13. The molecule has 25 heavy (non-hydrogen) atoms. The second-order valence-corrected chi connectivity index (χ2v) is 7.47. The van der Waals surface area contributed by atoms with Crippen molar-refractivity contribution in [3.8, 4) is 0 Å². The number of carbonyl (C=O) groups is 2. The molecular weight excluding hydrogens is 344 g/mol. The van der Waals surface area contributed by atoms with E-state index in [4.69, 9.17) is 5.11 Å². The molecule has 3 rings (SSSR count). The van der Waals surface area contributed by atoms with Crippen LogP contribution in [0.3, 0.4) is 0 Å². The van der Waals surface area contributed by atoms with Gasteiger partial charge in [-0.25, -0.2) is 17.9 Å². The Morgan fingerprint density at radius 2 is 1.72 bits per heavy atom. The van der Waals surface area contributed by atoms with E-state index in [1.54, 1.807) is 6.07 Å². The summed E-state index contributed by atoms with van der Waals surface area (Å²) in [7, 11) is -2.27. The first-order valence-corrected chi connectivity index (χ1v) is 9.03. The third-order valence-corrected chi connectivity index (χ3v) is 5.57. The van der Waals surface area contributed by atoms with Crippen molar-refractivity contribution in [3.63, 3.8) is 0 Å². The number of sulfonamides is 1. The quantitative estimate of drug-likeness (QED) is 0.860. The standard InChI is InChI=1S/C17H16N2O5S/c1-18-25(23,24)14-7-6-11-8-9-19(15(11)10-14)16(20)12-2-4-13(5-3-12)17(21)22/h2-7,10,18H,8-9H2,1H3,(H,21,22). The lowest BCUT2D eigenvalue weighted by Crippen LogP contribution is -2.29. The van der Waals surface area contributed by atoms with Crippen molar-refractivity contribution < 1.29 is 23.1 Å². The zero-order valence-corrected chi connectivity index (χ0v) is 14.2. The molecule has 0 saturated carbocycles. The summed E-state index contributed by atoms with van der Waals surface area (Å²) in [6, 6.07) is 10.4. The van der Waals surface area contributed by atoms with Gasteiger partial charge in [-0.2, -0.15) is 0 Å². The van der Waals surface area contributed by atoms with Gasteiger partial charge in [0.2, 0.25) is 10.0 Å². The molecule has 0 fully saturated rings. The van der Waals surface area contributed by atoms with Gasteiger partial charge in [0.15, 0.2) is 0 Å². The number of anilines is 1. The molecule has 0 saturated heterocycles. The van der Waals surface area contributed by atoms with Gasteiger partial charge in [-0.15, -0.1) is 0 Å². The van der Waals surface area contributed by atoms with Crippen LogP contribution in [0.2, 0.25) is 0 Å². The fourth-order valence-corrected chi connectivity index (χ4v) is 3.52. The van der Waals surface area contributed by atoms with Crippen molar-refractivity contribution in [2.24, 2.45) is 0 Å². The molecule has 2 aromatic carbocycles. The first kappa shape index (κ1) is 17.1. The molecule has 0 aromatic heterocycles. The Morgan fingerprint density at radius 1 is 1.08 bits per heavy atom. The molecule has 0 atom stereocenters. The molecule has 0 aliphatic carbocycles. The van der Waals surface area contributed by atoms with E-state index >= 15 is 0 Å². The Kier molecular flexibility index (Phi) is 4.32. The van der Waals surface area contributed by atoms with Crippen LogP contribution in [0.1, 0.15) is 26.3 Å². The number of amides is 1. The minimum atomic E-state index is -3.60. The average molecular weight is 360 g/mol. The molecule has 1 aliphatic heterocycles. The van der Waals surface area contributed by atoms with Crippen LogP contribution in [0, 0.1) is 0 Å². The Morgan fingerprint density at radius 3 is 2.32 bits per heavy atom. The summed E-state index contributed by atoms with van der Waals surface area (Å²) in [6.45, 7) is 0.442. The summed E-state index contributed by atoms with van der Waals surface area (Å²) >= 11 is 0. The van der Waals surface area contributed by atoms with Crippen molar-refractivity contribution >= 4 is 27.6 Å². The van der Waals surface area contributed by atoms with Crippen LogP contribution >= 0.6 is 0 Å². The van der Waals surface area contributed by atoms with Crippen LogP contribution in [0.4, 0.5) is 5.69 Å². The van der Waals surface area contributed by atoms with E-state index in [-0.39, 0.29) is 16.4 Å². The Bertz CT molecular complexity index is 952. The summed E-state index contributed by atoms with van der Waals surface area (Å²) < 4.78 is 26.2. The molecular formula is C17H16N2O5S. The Hall–Kier alpha value is -2.71. The van der Waals surface area contributed by atoms with Gasteiger partial charge in [0, 0.05) is 17.8 Å². The molecule has 0 bridgehead atoms. The van der Waals surface area contributed by atoms with Crippen molar-refractivity contribution in [2.45, 2.75) is 11.3 Å².